The molecule has 4 heteroatoms. The van der Waals surface area contributed by atoms with Gasteiger partial charge in [0.2, 0.25) is 0 Å². The number of piperidine rings is 1. The predicted molar refractivity (Wildman–Crippen MR) is 86.7 cm³/mol. The Hall–Kier alpha value is -1.44. The predicted octanol–water partition coefficient (Wildman–Crippen LogP) is 3.58. The molecule has 0 amide bonds. The molecule has 3 nitrogen and oxygen atoms in total. The van der Waals surface area contributed by atoms with Crippen molar-refractivity contribution < 1.29 is 0 Å². The maximum atomic E-state index is 9.86. The number of hydrogen-bond donors (Lipinski definition) is 0. The van der Waals surface area contributed by atoms with E-state index in [1.54, 1.807) is 6.20 Å². The zero-order valence-electron chi connectivity index (χ0n) is 12.1. The molecule has 2 bridgehead atoms. The average Bonchev–Trinajstić information content (AvgIpc) is 2.70. The molecule has 0 radical (unpaired) electrons. The van der Waals surface area contributed by atoms with E-state index in [1.807, 2.05) is 12.3 Å². The number of aromatic nitrogens is 1. The summed E-state index contributed by atoms with van der Waals surface area (Å²) in [4.78, 5) is 6.69. The molecule has 0 N–H and O–H groups in total. The third kappa shape index (κ3) is 2.56. The number of nitrogens with zero attached hydrogens (tertiary/aromatic N) is 3. The molecule has 2 aliphatic heterocycles. The van der Waals surface area contributed by atoms with Gasteiger partial charge < -0.3 is 0 Å². The van der Waals surface area contributed by atoms with Gasteiger partial charge in [-0.2, -0.15) is 5.26 Å². The van der Waals surface area contributed by atoms with E-state index < -0.39 is 5.41 Å². The fourth-order valence-electron chi connectivity index (χ4n) is 3.50. The highest BCUT2D eigenvalue weighted by atomic mass is 79.9. The van der Waals surface area contributed by atoms with Crippen molar-refractivity contribution in [3.8, 4) is 6.07 Å². The first-order valence-electron chi connectivity index (χ1n) is 7.15. The number of nitriles is 1. The molecule has 1 fully saturated rings. The van der Waals surface area contributed by atoms with Crippen LogP contribution in [0.15, 0.2) is 47.2 Å². The first-order chi connectivity index (χ1) is 10.0. The molecule has 1 saturated heterocycles. The maximum Gasteiger partial charge on any atom is 0.0873 e. The van der Waals surface area contributed by atoms with E-state index in [9.17, 15) is 5.26 Å². The van der Waals surface area contributed by atoms with E-state index >= 15 is 0 Å². The molecule has 0 spiro atoms. The van der Waals surface area contributed by atoms with Gasteiger partial charge in [-0.1, -0.05) is 24.3 Å². The smallest absolute Gasteiger partial charge is 0.0873 e. The second-order valence-corrected chi connectivity index (χ2v) is 7.06. The first kappa shape index (κ1) is 14.5. The van der Waals surface area contributed by atoms with Gasteiger partial charge in [-0.15, -0.1) is 0 Å². The number of fused-ring (bicyclic) bond motifs is 2. The minimum absolute atomic E-state index is 0.319. The largest absolute Gasteiger partial charge is 0.287 e. The lowest BCUT2D eigenvalue weighted by molar-refractivity contribution is 0.130. The summed E-state index contributed by atoms with van der Waals surface area (Å²) < 4.78 is 0.930. The van der Waals surface area contributed by atoms with Gasteiger partial charge in [0.25, 0.3) is 0 Å². The monoisotopic (exact) mass is 343 g/mol. The second-order valence-electron chi connectivity index (χ2n) is 6.14. The van der Waals surface area contributed by atoms with Gasteiger partial charge in [0.15, 0.2) is 0 Å². The van der Waals surface area contributed by atoms with Gasteiger partial charge in [0, 0.05) is 35.5 Å². The third-order valence-electron chi connectivity index (χ3n) is 4.45. The Bertz CT molecular complexity index is 628. The van der Waals surface area contributed by atoms with E-state index in [1.165, 1.54) is 5.57 Å². The summed E-state index contributed by atoms with van der Waals surface area (Å²) in [6.45, 7) is 6.98. The lowest BCUT2D eigenvalue weighted by Crippen LogP contribution is -2.50. The van der Waals surface area contributed by atoms with Gasteiger partial charge in [-0.05, 0) is 47.3 Å². The van der Waals surface area contributed by atoms with Crippen LogP contribution in [0.1, 0.15) is 25.3 Å². The van der Waals surface area contributed by atoms with Crippen LogP contribution in [0.4, 0.5) is 0 Å². The van der Waals surface area contributed by atoms with Crippen LogP contribution in [0.2, 0.25) is 0 Å². The Morgan fingerprint density at radius 1 is 1.48 bits per heavy atom. The molecule has 0 aliphatic carbocycles. The molecule has 3 heterocycles. The molecule has 1 unspecified atom stereocenters. The number of hydrogen-bond acceptors (Lipinski definition) is 3. The number of rotatable bonds is 3. The van der Waals surface area contributed by atoms with E-state index in [-0.39, 0.29) is 0 Å². The molecule has 1 aromatic rings. The van der Waals surface area contributed by atoms with Crippen LogP contribution >= 0.6 is 15.9 Å². The quantitative estimate of drug-likeness (QED) is 0.787. The molecule has 1 aromatic heterocycles. The molecule has 0 aromatic carbocycles. The zero-order valence-corrected chi connectivity index (χ0v) is 13.7. The summed E-state index contributed by atoms with van der Waals surface area (Å²) in [5.74, 6) is 0. The fourth-order valence-corrected chi connectivity index (χ4v) is 3.87. The summed E-state index contributed by atoms with van der Waals surface area (Å²) in [5, 5.41) is 9.86. The molecule has 3 rings (SSSR count). The second kappa shape index (κ2) is 5.40. The van der Waals surface area contributed by atoms with Crippen LogP contribution in [0, 0.1) is 11.3 Å². The summed E-state index contributed by atoms with van der Waals surface area (Å²) in [6, 6.07) is 5.25. The van der Waals surface area contributed by atoms with Gasteiger partial charge in [-0.3, -0.25) is 9.88 Å². The molecule has 21 heavy (non-hydrogen) atoms. The minimum Gasteiger partial charge on any atom is -0.287 e. The van der Waals surface area contributed by atoms with Crippen molar-refractivity contribution in [3.05, 3.63) is 52.8 Å². The average molecular weight is 344 g/mol. The van der Waals surface area contributed by atoms with E-state index in [4.69, 9.17) is 0 Å². The number of halogens is 1. The van der Waals surface area contributed by atoms with Gasteiger partial charge in [-0.25, -0.2) is 0 Å². The van der Waals surface area contributed by atoms with Gasteiger partial charge in [0.05, 0.1) is 11.5 Å². The molecule has 2 aliphatic rings. The molecular weight excluding hydrogens is 326 g/mol. The summed E-state index contributed by atoms with van der Waals surface area (Å²) in [6.07, 6.45) is 9.74. The van der Waals surface area contributed by atoms with Crippen LogP contribution in [0.25, 0.3) is 0 Å². The third-order valence-corrected chi connectivity index (χ3v) is 4.88. The van der Waals surface area contributed by atoms with Crippen molar-refractivity contribution in [1.82, 2.24) is 9.88 Å². The number of pyridine rings is 1. The Labute approximate surface area is 134 Å². The lowest BCUT2D eigenvalue weighted by Gasteiger charge is -2.43. The Kier molecular flexibility index (Phi) is 3.73. The fraction of sp³-hybridized carbons (Fsp3) is 0.412. The van der Waals surface area contributed by atoms with Gasteiger partial charge in [0.1, 0.15) is 0 Å². The topological polar surface area (TPSA) is 39.9 Å². The maximum absolute atomic E-state index is 9.86. The molecular formula is C17H18BrN3. The zero-order chi connectivity index (χ0) is 15.0. The van der Waals surface area contributed by atoms with Crippen LogP contribution in [-0.4, -0.2) is 28.5 Å². The van der Waals surface area contributed by atoms with Crippen LogP contribution in [0.3, 0.4) is 0 Å². The van der Waals surface area contributed by atoms with Crippen molar-refractivity contribution in [2.45, 2.75) is 37.3 Å². The van der Waals surface area contributed by atoms with Crippen LogP contribution < -0.4 is 0 Å². The van der Waals surface area contributed by atoms with Crippen molar-refractivity contribution in [1.29, 1.82) is 5.26 Å². The van der Waals surface area contributed by atoms with Gasteiger partial charge >= 0.3 is 0 Å². The highest BCUT2D eigenvalue weighted by molar-refractivity contribution is 9.10. The Morgan fingerprint density at radius 2 is 2.14 bits per heavy atom. The van der Waals surface area contributed by atoms with E-state index in [2.05, 4.69) is 57.5 Å². The standard InChI is InChI=1S/C17H18BrN3/c1-12(2)10-21-15-3-4-16(21)7-17(6-15,11-19)13-5-14(18)9-20-8-13/h3-5,8-9,15-16H,1,6-7,10H2,2H3/t15-,16+,17?. The van der Waals surface area contributed by atoms with Crippen molar-refractivity contribution in [3.63, 3.8) is 0 Å². The highest BCUT2D eigenvalue weighted by Gasteiger charge is 2.47. The molecule has 0 saturated carbocycles. The summed E-state index contributed by atoms with van der Waals surface area (Å²) in [5.41, 5.74) is 1.75. The van der Waals surface area contributed by atoms with Crippen LogP contribution in [0.5, 0.6) is 0 Å². The lowest BCUT2D eigenvalue weighted by atomic mass is 9.71. The molecule has 3 atom stereocenters. The highest BCUT2D eigenvalue weighted by Crippen LogP contribution is 2.44. The van der Waals surface area contributed by atoms with Crippen molar-refractivity contribution in [2.75, 3.05) is 6.54 Å². The van der Waals surface area contributed by atoms with Crippen LogP contribution in [-0.2, 0) is 5.41 Å². The van der Waals surface area contributed by atoms with E-state index in [0.717, 1.165) is 29.4 Å². The summed E-state index contributed by atoms with van der Waals surface area (Å²) >= 11 is 3.46. The molecule has 108 valence electrons. The normalized spacial score (nSPS) is 31.1. The van der Waals surface area contributed by atoms with E-state index in [0.29, 0.717) is 12.1 Å². The van der Waals surface area contributed by atoms with Crippen molar-refractivity contribution >= 4 is 15.9 Å². The summed E-state index contributed by atoms with van der Waals surface area (Å²) in [7, 11) is 0. The minimum atomic E-state index is -0.443. The van der Waals surface area contributed by atoms with Crippen molar-refractivity contribution in [2.24, 2.45) is 0 Å². The Balaban J connectivity index is 1.92. The first-order valence-corrected chi connectivity index (χ1v) is 7.94. The SMILES string of the molecule is C=C(C)CN1[C@@H]2C=C[C@H]1CC(C#N)(c1cncc(Br)c1)C2. The Morgan fingerprint density at radius 3 is 2.67 bits per heavy atom.